The van der Waals surface area contributed by atoms with Crippen molar-refractivity contribution in [1.29, 1.82) is 0 Å². The van der Waals surface area contributed by atoms with Crippen LogP contribution in [0, 0.1) is 0 Å². The molecule has 0 spiro atoms. The Morgan fingerprint density at radius 3 is 2.39 bits per heavy atom. The smallest absolute Gasteiger partial charge is 0.405 e. The predicted molar refractivity (Wildman–Crippen MR) is 82.8 cm³/mol. The maximum atomic E-state index is 12.3. The number of para-hydroxylation sites is 1. The lowest BCUT2D eigenvalue weighted by atomic mass is 10.1. The first-order chi connectivity index (χ1) is 10.8. The molecular formula is C16H13BrF3NO2. The topological polar surface area (TPSA) is 38.3 Å². The van der Waals surface area contributed by atoms with E-state index in [0.717, 1.165) is 10.0 Å². The maximum Gasteiger partial charge on any atom is 0.573 e. The Morgan fingerprint density at radius 2 is 1.74 bits per heavy atom. The Balaban J connectivity index is 1.95. The minimum Gasteiger partial charge on any atom is -0.405 e. The zero-order valence-corrected chi connectivity index (χ0v) is 13.4. The molecule has 0 aliphatic heterocycles. The van der Waals surface area contributed by atoms with Gasteiger partial charge in [-0.05, 0) is 23.8 Å². The Bertz CT molecular complexity index is 672. The van der Waals surface area contributed by atoms with Gasteiger partial charge < -0.3 is 10.1 Å². The van der Waals surface area contributed by atoms with Gasteiger partial charge in [0.2, 0.25) is 5.91 Å². The van der Waals surface area contributed by atoms with Crippen molar-refractivity contribution in [2.75, 3.05) is 0 Å². The normalized spacial score (nSPS) is 11.1. The molecule has 0 saturated heterocycles. The third-order valence-corrected chi connectivity index (χ3v) is 3.48. The molecule has 1 N–H and O–H groups in total. The number of nitrogens with one attached hydrogen (secondary N) is 1. The first-order valence-corrected chi connectivity index (χ1v) is 7.47. The van der Waals surface area contributed by atoms with Crippen molar-refractivity contribution in [2.45, 2.75) is 19.3 Å². The minimum atomic E-state index is -4.77. The molecule has 0 heterocycles. The molecule has 0 unspecified atom stereocenters. The highest BCUT2D eigenvalue weighted by Gasteiger charge is 2.31. The first-order valence-electron chi connectivity index (χ1n) is 6.68. The number of carbonyl (C=O) groups is 1. The van der Waals surface area contributed by atoms with Crippen molar-refractivity contribution in [3.05, 3.63) is 64.1 Å². The summed E-state index contributed by atoms with van der Waals surface area (Å²) in [5.41, 5.74) is 1.07. The van der Waals surface area contributed by atoms with Gasteiger partial charge in [0.25, 0.3) is 0 Å². The highest BCUT2D eigenvalue weighted by Crippen LogP contribution is 2.26. The molecule has 0 aliphatic carbocycles. The summed E-state index contributed by atoms with van der Waals surface area (Å²) in [4.78, 5) is 11.9. The fourth-order valence-corrected chi connectivity index (χ4v) is 2.18. The number of benzene rings is 2. The number of alkyl halides is 3. The van der Waals surface area contributed by atoms with Crippen LogP contribution in [0.4, 0.5) is 13.2 Å². The number of ether oxygens (including phenoxy) is 1. The highest BCUT2D eigenvalue weighted by molar-refractivity contribution is 9.10. The van der Waals surface area contributed by atoms with Crippen LogP contribution in [-0.2, 0) is 17.8 Å². The lowest BCUT2D eigenvalue weighted by Gasteiger charge is -2.13. The van der Waals surface area contributed by atoms with E-state index < -0.39 is 6.36 Å². The zero-order chi connectivity index (χ0) is 16.9. The molecule has 2 aromatic rings. The van der Waals surface area contributed by atoms with E-state index in [1.165, 1.54) is 18.2 Å². The van der Waals surface area contributed by atoms with Gasteiger partial charge in [-0.15, -0.1) is 13.2 Å². The number of hydrogen-bond donors (Lipinski definition) is 1. The van der Waals surface area contributed by atoms with Gasteiger partial charge in [0.15, 0.2) is 0 Å². The average molecular weight is 388 g/mol. The minimum absolute atomic E-state index is 0.0401. The summed E-state index contributed by atoms with van der Waals surface area (Å²) in [5.74, 6) is -0.599. The van der Waals surface area contributed by atoms with Crippen molar-refractivity contribution in [2.24, 2.45) is 0 Å². The summed E-state index contributed by atoms with van der Waals surface area (Å²) in [5, 5.41) is 2.59. The van der Waals surface area contributed by atoms with E-state index in [2.05, 4.69) is 26.0 Å². The van der Waals surface area contributed by atoms with E-state index in [1.54, 1.807) is 18.2 Å². The standard InChI is InChI=1S/C16H13BrF3NO2/c17-13-7-5-11(6-8-13)9-15(22)21-10-12-3-1-2-4-14(12)23-16(18,19)20/h1-8H,9-10H2,(H,21,22). The molecule has 122 valence electrons. The van der Waals surface area contributed by atoms with Crippen LogP contribution in [0.2, 0.25) is 0 Å². The van der Waals surface area contributed by atoms with Gasteiger partial charge in [-0.25, -0.2) is 0 Å². The van der Waals surface area contributed by atoms with Crippen LogP contribution in [0.5, 0.6) is 5.75 Å². The van der Waals surface area contributed by atoms with Crippen molar-refractivity contribution in [3.8, 4) is 5.75 Å². The third kappa shape index (κ3) is 5.94. The second kappa shape index (κ2) is 7.50. The molecule has 7 heteroatoms. The Morgan fingerprint density at radius 1 is 1.09 bits per heavy atom. The number of amides is 1. The van der Waals surface area contributed by atoms with Crippen LogP contribution in [0.25, 0.3) is 0 Å². The molecule has 0 saturated carbocycles. The van der Waals surface area contributed by atoms with Gasteiger partial charge in [-0.1, -0.05) is 46.3 Å². The Hall–Kier alpha value is -2.02. The molecular weight excluding hydrogens is 375 g/mol. The lowest BCUT2D eigenvalue weighted by Crippen LogP contribution is -2.25. The molecule has 1 amide bonds. The second-order valence-corrected chi connectivity index (χ2v) is 5.65. The summed E-state index contributed by atoms with van der Waals surface area (Å²) in [7, 11) is 0. The SMILES string of the molecule is O=C(Cc1ccc(Br)cc1)NCc1ccccc1OC(F)(F)F. The molecule has 0 fully saturated rings. The summed E-state index contributed by atoms with van der Waals surface area (Å²) >= 11 is 3.30. The zero-order valence-electron chi connectivity index (χ0n) is 11.9. The van der Waals surface area contributed by atoms with Crippen LogP contribution in [0.1, 0.15) is 11.1 Å². The average Bonchev–Trinajstić information content (AvgIpc) is 2.47. The quantitative estimate of drug-likeness (QED) is 0.834. The van der Waals surface area contributed by atoms with Crippen molar-refractivity contribution >= 4 is 21.8 Å². The number of rotatable bonds is 5. The molecule has 23 heavy (non-hydrogen) atoms. The fourth-order valence-electron chi connectivity index (χ4n) is 1.92. The number of carbonyl (C=O) groups excluding carboxylic acids is 1. The van der Waals surface area contributed by atoms with Gasteiger partial charge in [-0.2, -0.15) is 0 Å². The van der Waals surface area contributed by atoms with E-state index >= 15 is 0 Å². The van der Waals surface area contributed by atoms with E-state index in [-0.39, 0.29) is 30.2 Å². The first kappa shape index (κ1) is 17.3. The highest BCUT2D eigenvalue weighted by atomic mass is 79.9. The van der Waals surface area contributed by atoms with Crippen LogP contribution < -0.4 is 10.1 Å². The van der Waals surface area contributed by atoms with Crippen molar-refractivity contribution in [3.63, 3.8) is 0 Å². The molecule has 0 atom stereocenters. The Kier molecular flexibility index (Phi) is 5.65. The lowest BCUT2D eigenvalue weighted by molar-refractivity contribution is -0.274. The van der Waals surface area contributed by atoms with E-state index in [4.69, 9.17) is 0 Å². The summed E-state index contributed by atoms with van der Waals surface area (Å²) in [6, 6.07) is 12.9. The molecule has 0 bridgehead atoms. The van der Waals surface area contributed by atoms with Gasteiger partial charge in [0.1, 0.15) is 5.75 Å². The van der Waals surface area contributed by atoms with Crippen LogP contribution in [0.15, 0.2) is 53.0 Å². The van der Waals surface area contributed by atoms with Gasteiger partial charge in [0, 0.05) is 16.6 Å². The predicted octanol–water partition coefficient (Wildman–Crippen LogP) is 4.21. The molecule has 2 aromatic carbocycles. The molecule has 3 nitrogen and oxygen atoms in total. The summed E-state index contributed by atoms with van der Waals surface area (Å²) < 4.78 is 41.8. The van der Waals surface area contributed by atoms with Gasteiger partial charge in [-0.3, -0.25) is 4.79 Å². The second-order valence-electron chi connectivity index (χ2n) is 4.74. The molecule has 2 rings (SSSR count). The third-order valence-electron chi connectivity index (χ3n) is 2.95. The van der Waals surface area contributed by atoms with Crippen molar-refractivity contribution in [1.82, 2.24) is 5.32 Å². The molecule has 0 radical (unpaired) electrons. The van der Waals surface area contributed by atoms with E-state index in [0.29, 0.717) is 0 Å². The fraction of sp³-hybridized carbons (Fsp3) is 0.188. The Labute approximate surface area is 139 Å². The van der Waals surface area contributed by atoms with Crippen LogP contribution in [0.3, 0.4) is 0 Å². The molecule has 0 aliphatic rings. The van der Waals surface area contributed by atoms with E-state index in [1.807, 2.05) is 12.1 Å². The maximum absolute atomic E-state index is 12.3. The summed E-state index contributed by atoms with van der Waals surface area (Å²) in [6.07, 6.45) is -4.62. The summed E-state index contributed by atoms with van der Waals surface area (Å²) in [6.45, 7) is -0.0401. The monoisotopic (exact) mass is 387 g/mol. The number of hydrogen-bond acceptors (Lipinski definition) is 2. The molecule has 0 aromatic heterocycles. The van der Waals surface area contributed by atoms with Gasteiger partial charge in [0.05, 0.1) is 6.42 Å². The van der Waals surface area contributed by atoms with E-state index in [9.17, 15) is 18.0 Å². The largest absolute Gasteiger partial charge is 0.573 e. The van der Waals surface area contributed by atoms with Gasteiger partial charge >= 0.3 is 6.36 Å². The van der Waals surface area contributed by atoms with Crippen molar-refractivity contribution < 1.29 is 22.7 Å². The van der Waals surface area contributed by atoms with Crippen LogP contribution >= 0.6 is 15.9 Å². The number of halogens is 4. The van der Waals surface area contributed by atoms with Crippen LogP contribution in [-0.4, -0.2) is 12.3 Å².